The van der Waals surface area contributed by atoms with Crippen molar-refractivity contribution in [2.24, 2.45) is 5.73 Å². The molecule has 11 heteroatoms. The maximum absolute atomic E-state index is 12.0. The summed E-state index contributed by atoms with van der Waals surface area (Å²) in [4.78, 5) is 30.3. The van der Waals surface area contributed by atoms with Gasteiger partial charge in [0.25, 0.3) is 11.6 Å². The van der Waals surface area contributed by atoms with Crippen LogP contribution in [0.1, 0.15) is 26.1 Å². The SMILES string of the molecule is CCNC1(O)N(c2ncccn2)C(CC(N)=O)=C(C)NC1(OC)c1ncccn1. The van der Waals surface area contributed by atoms with Gasteiger partial charge in [-0.2, -0.15) is 0 Å². The van der Waals surface area contributed by atoms with Crippen LogP contribution in [0.3, 0.4) is 0 Å². The third-order valence-corrected chi connectivity index (χ3v) is 4.58. The zero-order chi connectivity index (χ0) is 21.1. The summed E-state index contributed by atoms with van der Waals surface area (Å²) in [6.45, 7) is 3.88. The number of amides is 1. The number of hydrogen-bond donors (Lipinski definition) is 4. The molecule has 3 rings (SSSR count). The highest BCUT2D eigenvalue weighted by Gasteiger charge is 2.63. The van der Waals surface area contributed by atoms with Crippen molar-refractivity contribution in [2.75, 3.05) is 18.6 Å². The first-order chi connectivity index (χ1) is 13.9. The number of primary amides is 1. The number of allylic oxidation sites excluding steroid dienone is 1. The monoisotopic (exact) mass is 400 g/mol. The lowest BCUT2D eigenvalue weighted by molar-refractivity contribution is -0.215. The Morgan fingerprint density at radius 2 is 1.83 bits per heavy atom. The Morgan fingerprint density at radius 3 is 2.34 bits per heavy atom. The van der Waals surface area contributed by atoms with E-state index in [4.69, 9.17) is 10.5 Å². The largest absolute Gasteiger partial charge is 0.369 e. The van der Waals surface area contributed by atoms with Gasteiger partial charge in [-0.1, -0.05) is 6.92 Å². The minimum Gasteiger partial charge on any atom is -0.369 e. The van der Waals surface area contributed by atoms with Gasteiger partial charge < -0.3 is 20.9 Å². The van der Waals surface area contributed by atoms with Crippen molar-refractivity contribution >= 4 is 11.9 Å². The molecule has 0 saturated heterocycles. The number of nitrogens with one attached hydrogen (secondary N) is 2. The predicted molar refractivity (Wildman–Crippen MR) is 104 cm³/mol. The van der Waals surface area contributed by atoms with Crippen LogP contribution in [0.4, 0.5) is 5.95 Å². The molecule has 2 aromatic rings. The highest BCUT2D eigenvalue weighted by atomic mass is 16.5. The Balaban J connectivity index is 2.33. The lowest BCUT2D eigenvalue weighted by atomic mass is 9.97. The van der Waals surface area contributed by atoms with E-state index in [9.17, 15) is 9.90 Å². The molecule has 2 aromatic heterocycles. The fraction of sp³-hybridized carbons (Fsp3) is 0.389. The Bertz CT molecular complexity index is 894. The smallest absolute Gasteiger partial charge is 0.264 e. The molecule has 3 heterocycles. The summed E-state index contributed by atoms with van der Waals surface area (Å²) in [6, 6.07) is 3.30. The van der Waals surface area contributed by atoms with Gasteiger partial charge in [0.05, 0.1) is 12.1 Å². The zero-order valence-electron chi connectivity index (χ0n) is 16.5. The van der Waals surface area contributed by atoms with E-state index in [0.29, 0.717) is 17.9 Å². The molecular weight excluding hydrogens is 376 g/mol. The van der Waals surface area contributed by atoms with Gasteiger partial charge in [-0.15, -0.1) is 0 Å². The van der Waals surface area contributed by atoms with Crippen molar-refractivity contribution < 1.29 is 14.6 Å². The Hall–Kier alpha value is -3.15. The number of nitrogens with zero attached hydrogens (tertiary/aromatic N) is 5. The lowest BCUT2D eigenvalue weighted by Crippen LogP contribution is -2.78. The molecule has 1 aliphatic rings. The number of methoxy groups -OCH3 is 1. The fourth-order valence-electron chi connectivity index (χ4n) is 3.42. The summed E-state index contributed by atoms with van der Waals surface area (Å²) >= 11 is 0. The maximum atomic E-state index is 12.0. The van der Waals surface area contributed by atoms with Gasteiger partial charge in [0.2, 0.25) is 11.9 Å². The van der Waals surface area contributed by atoms with Crippen LogP contribution in [-0.4, -0.2) is 50.5 Å². The van der Waals surface area contributed by atoms with Crippen molar-refractivity contribution in [2.45, 2.75) is 31.8 Å². The van der Waals surface area contributed by atoms with Crippen molar-refractivity contribution in [3.63, 3.8) is 0 Å². The van der Waals surface area contributed by atoms with Crippen molar-refractivity contribution in [1.82, 2.24) is 30.6 Å². The lowest BCUT2D eigenvalue weighted by Gasteiger charge is -2.54. The van der Waals surface area contributed by atoms with Gasteiger partial charge in [0.15, 0.2) is 5.82 Å². The molecule has 5 N–H and O–H groups in total. The number of carbonyl (C=O) groups excluding carboxylic acids is 1. The average molecular weight is 400 g/mol. The van der Waals surface area contributed by atoms with Crippen LogP contribution in [0.15, 0.2) is 48.3 Å². The van der Waals surface area contributed by atoms with Gasteiger partial charge in [0, 0.05) is 37.6 Å². The van der Waals surface area contributed by atoms with Gasteiger partial charge in [0.1, 0.15) is 0 Å². The van der Waals surface area contributed by atoms with Crippen LogP contribution in [0.2, 0.25) is 0 Å². The molecule has 0 fully saturated rings. The van der Waals surface area contributed by atoms with Crippen LogP contribution in [-0.2, 0) is 15.3 Å². The average Bonchev–Trinajstić information content (AvgIpc) is 2.72. The van der Waals surface area contributed by atoms with Gasteiger partial charge >= 0.3 is 0 Å². The van der Waals surface area contributed by atoms with Crippen molar-refractivity contribution in [3.05, 3.63) is 54.1 Å². The van der Waals surface area contributed by atoms with E-state index < -0.39 is 17.5 Å². The first kappa shape index (κ1) is 20.6. The molecule has 154 valence electrons. The van der Waals surface area contributed by atoms with Crippen LogP contribution >= 0.6 is 0 Å². The number of nitrogens with two attached hydrogens (primary N) is 1. The Labute approximate surface area is 168 Å². The molecule has 0 aliphatic carbocycles. The minimum absolute atomic E-state index is 0.144. The van der Waals surface area contributed by atoms with Crippen LogP contribution in [0.5, 0.6) is 0 Å². The third-order valence-electron chi connectivity index (χ3n) is 4.58. The maximum Gasteiger partial charge on any atom is 0.264 e. The molecule has 0 aromatic carbocycles. The van der Waals surface area contributed by atoms with E-state index in [2.05, 4.69) is 30.6 Å². The highest BCUT2D eigenvalue weighted by Crippen LogP contribution is 2.42. The summed E-state index contributed by atoms with van der Waals surface area (Å²) in [5, 5.41) is 18.2. The zero-order valence-corrected chi connectivity index (χ0v) is 16.5. The second-order valence-corrected chi connectivity index (χ2v) is 6.38. The summed E-state index contributed by atoms with van der Waals surface area (Å²) in [7, 11) is 1.42. The molecule has 1 aliphatic heterocycles. The summed E-state index contributed by atoms with van der Waals surface area (Å²) < 4.78 is 5.81. The Morgan fingerprint density at radius 1 is 1.24 bits per heavy atom. The number of anilines is 1. The van der Waals surface area contributed by atoms with Gasteiger partial charge in [-0.05, 0) is 25.6 Å². The molecule has 0 radical (unpaired) electrons. The number of aromatic nitrogens is 4. The molecule has 29 heavy (non-hydrogen) atoms. The van der Waals surface area contributed by atoms with Crippen LogP contribution < -0.4 is 21.3 Å². The molecule has 2 unspecified atom stereocenters. The number of aliphatic hydroxyl groups is 1. The molecule has 0 saturated carbocycles. The number of hydrogen-bond acceptors (Lipinski definition) is 10. The van der Waals surface area contributed by atoms with E-state index in [-0.39, 0.29) is 18.2 Å². The first-order valence-electron chi connectivity index (χ1n) is 9.03. The number of likely N-dealkylation sites (N-methyl/N-ethyl adjacent to an activating group) is 1. The molecular formula is C18H24N8O3. The standard InChI is InChI=1S/C18H24N8O3/c1-4-24-18(28)17(29-3,15-20-7-5-8-21-15)25-12(2)13(11-14(19)27)26(18)16-22-9-6-10-23-16/h5-10,24-25,28H,4,11H2,1-3H3,(H2,19,27). The second kappa shape index (κ2) is 8.07. The molecule has 11 nitrogen and oxygen atoms in total. The predicted octanol–water partition coefficient (Wildman–Crippen LogP) is -0.462. The molecule has 2 atom stereocenters. The van der Waals surface area contributed by atoms with E-state index >= 15 is 0 Å². The molecule has 0 spiro atoms. The van der Waals surface area contributed by atoms with Crippen LogP contribution in [0, 0.1) is 0 Å². The summed E-state index contributed by atoms with van der Waals surface area (Å²) in [5.74, 6) is -2.28. The van der Waals surface area contributed by atoms with Crippen molar-refractivity contribution in [3.8, 4) is 0 Å². The van der Waals surface area contributed by atoms with E-state index in [0.717, 1.165) is 0 Å². The van der Waals surface area contributed by atoms with E-state index in [1.54, 1.807) is 31.5 Å². The van der Waals surface area contributed by atoms with Gasteiger partial charge in [-0.3, -0.25) is 15.0 Å². The normalized spacial score (nSPS) is 24.3. The summed E-state index contributed by atoms with van der Waals surface area (Å²) in [6.07, 6.45) is 5.97. The number of ether oxygens (including phenoxy) is 1. The number of rotatable bonds is 7. The van der Waals surface area contributed by atoms with E-state index in [1.165, 1.54) is 24.4 Å². The van der Waals surface area contributed by atoms with Gasteiger partial charge in [-0.25, -0.2) is 19.9 Å². The highest BCUT2D eigenvalue weighted by molar-refractivity contribution is 5.78. The second-order valence-electron chi connectivity index (χ2n) is 6.38. The Kier molecular flexibility index (Phi) is 5.73. The van der Waals surface area contributed by atoms with Crippen LogP contribution in [0.25, 0.3) is 0 Å². The number of carbonyl (C=O) groups is 1. The third kappa shape index (κ3) is 3.39. The van der Waals surface area contributed by atoms with Crippen molar-refractivity contribution in [1.29, 1.82) is 0 Å². The molecule has 1 amide bonds. The quantitative estimate of drug-likeness (QED) is 0.449. The topological polar surface area (TPSA) is 151 Å². The minimum atomic E-state index is -2.01. The van der Waals surface area contributed by atoms with E-state index in [1.807, 2.05) is 6.92 Å². The summed E-state index contributed by atoms with van der Waals surface area (Å²) in [5.41, 5.74) is 4.72. The molecule has 0 bridgehead atoms. The first-order valence-corrected chi connectivity index (χ1v) is 9.03. The fourth-order valence-corrected chi connectivity index (χ4v) is 3.42.